The molecular formula is C25H34N4O3. The molecule has 1 aliphatic heterocycles. The number of nitrogens with one attached hydrogen (secondary N) is 2. The van der Waals surface area contributed by atoms with E-state index in [0.717, 1.165) is 37.3 Å². The van der Waals surface area contributed by atoms with Crippen molar-refractivity contribution in [2.45, 2.75) is 58.5 Å². The molecule has 2 fully saturated rings. The lowest BCUT2D eigenvalue weighted by Gasteiger charge is -2.35. The normalized spacial score (nSPS) is 17.3. The SMILES string of the molecule is CCn1cccc(NC(=O)c2ccc(NC(C)(C)CO)cc2N2CCC3(CC2)CC3)c1=O. The highest BCUT2D eigenvalue weighted by Gasteiger charge is 2.44. The molecule has 7 heteroatoms. The fourth-order valence-electron chi connectivity index (χ4n) is 4.46. The number of anilines is 3. The van der Waals surface area contributed by atoms with Crippen LogP contribution in [0.15, 0.2) is 41.3 Å². The van der Waals surface area contributed by atoms with Gasteiger partial charge in [0, 0.05) is 31.5 Å². The van der Waals surface area contributed by atoms with Crippen LogP contribution in [0, 0.1) is 5.41 Å². The van der Waals surface area contributed by atoms with E-state index in [1.165, 1.54) is 12.8 Å². The number of benzene rings is 1. The summed E-state index contributed by atoms with van der Waals surface area (Å²) >= 11 is 0. The Kier molecular flexibility index (Phi) is 6.03. The zero-order chi connectivity index (χ0) is 22.9. The number of carbonyl (C=O) groups is 1. The number of hydrogen-bond acceptors (Lipinski definition) is 5. The van der Waals surface area contributed by atoms with Gasteiger partial charge in [-0.15, -0.1) is 0 Å². The molecule has 1 aliphatic carbocycles. The second-order valence-electron chi connectivity index (χ2n) is 9.85. The van der Waals surface area contributed by atoms with Crippen molar-refractivity contribution in [3.05, 3.63) is 52.4 Å². The number of carbonyl (C=O) groups excluding carboxylic acids is 1. The van der Waals surface area contributed by atoms with Crippen molar-refractivity contribution in [3.8, 4) is 0 Å². The van der Waals surface area contributed by atoms with Crippen LogP contribution in [0.3, 0.4) is 0 Å². The van der Waals surface area contributed by atoms with Crippen LogP contribution in [0.1, 0.15) is 56.8 Å². The van der Waals surface area contributed by atoms with Crippen LogP contribution in [0.2, 0.25) is 0 Å². The van der Waals surface area contributed by atoms with Gasteiger partial charge < -0.3 is 25.2 Å². The molecule has 1 spiro atoms. The van der Waals surface area contributed by atoms with Gasteiger partial charge in [-0.1, -0.05) is 0 Å². The third kappa shape index (κ3) is 4.67. The van der Waals surface area contributed by atoms with E-state index in [2.05, 4.69) is 15.5 Å². The highest BCUT2D eigenvalue weighted by atomic mass is 16.3. The number of piperidine rings is 1. The molecule has 172 valence electrons. The molecule has 2 heterocycles. The number of aromatic nitrogens is 1. The van der Waals surface area contributed by atoms with Crippen LogP contribution in [-0.2, 0) is 6.54 Å². The minimum absolute atomic E-state index is 0.00544. The average molecular weight is 439 g/mol. The highest BCUT2D eigenvalue weighted by Crippen LogP contribution is 2.54. The summed E-state index contributed by atoms with van der Waals surface area (Å²) in [5, 5.41) is 15.8. The molecule has 3 N–H and O–H groups in total. The number of aliphatic hydroxyl groups excluding tert-OH is 1. The van der Waals surface area contributed by atoms with Crippen molar-refractivity contribution in [2.24, 2.45) is 5.41 Å². The van der Waals surface area contributed by atoms with Crippen molar-refractivity contribution in [1.29, 1.82) is 0 Å². The van der Waals surface area contributed by atoms with Gasteiger partial charge >= 0.3 is 0 Å². The summed E-state index contributed by atoms with van der Waals surface area (Å²) in [5.74, 6) is -0.286. The summed E-state index contributed by atoms with van der Waals surface area (Å²) in [6.45, 7) is 8.13. The van der Waals surface area contributed by atoms with Gasteiger partial charge in [0.1, 0.15) is 5.69 Å². The van der Waals surface area contributed by atoms with Crippen LogP contribution in [0.4, 0.5) is 17.1 Å². The Labute approximate surface area is 189 Å². The second-order valence-corrected chi connectivity index (χ2v) is 9.85. The first-order valence-corrected chi connectivity index (χ1v) is 11.5. The molecule has 7 nitrogen and oxygen atoms in total. The van der Waals surface area contributed by atoms with Crippen molar-refractivity contribution >= 4 is 23.0 Å². The maximum absolute atomic E-state index is 13.3. The average Bonchev–Trinajstić information content (AvgIpc) is 3.54. The van der Waals surface area contributed by atoms with E-state index in [0.29, 0.717) is 17.5 Å². The lowest BCUT2D eigenvalue weighted by Crippen LogP contribution is -2.37. The zero-order valence-corrected chi connectivity index (χ0v) is 19.3. The third-order valence-electron chi connectivity index (χ3n) is 6.85. The van der Waals surface area contributed by atoms with Gasteiger partial charge in [-0.05, 0) is 82.2 Å². The molecule has 1 aromatic carbocycles. The maximum Gasteiger partial charge on any atom is 0.274 e. The Morgan fingerprint density at radius 2 is 1.88 bits per heavy atom. The minimum atomic E-state index is -0.476. The molecule has 1 amide bonds. The van der Waals surface area contributed by atoms with Gasteiger partial charge in [-0.2, -0.15) is 0 Å². The number of nitrogens with zero attached hydrogens (tertiary/aromatic N) is 2. The Morgan fingerprint density at radius 1 is 1.16 bits per heavy atom. The van der Waals surface area contributed by atoms with Crippen LogP contribution >= 0.6 is 0 Å². The molecule has 1 saturated carbocycles. The number of hydrogen-bond donors (Lipinski definition) is 3. The first kappa shape index (κ1) is 22.4. The summed E-state index contributed by atoms with van der Waals surface area (Å²) in [6.07, 6.45) is 6.64. The van der Waals surface area contributed by atoms with Crippen LogP contribution in [0.25, 0.3) is 0 Å². The molecule has 0 bridgehead atoms. The summed E-state index contributed by atoms with van der Waals surface area (Å²) in [4.78, 5) is 28.1. The molecule has 0 radical (unpaired) electrons. The fourth-order valence-corrected chi connectivity index (χ4v) is 4.46. The number of aliphatic hydroxyl groups is 1. The lowest BCUT2D eigenvalue weighted by molar-refractivity contribution is 0.102. The first-order valence-electron chi connectivity index (χ1n) is 11.5. The molecule has 1 saturated heterocycles. The number of amides is 1. The van der Waals surface area contributed by atoms with E-state index in [1.54, 1.807) is 22.9 Å². The largest absolute Gasteiger partial charge is 0.394 e. The van der Waals surface area contributed by atoms with Crippen LogP contribution < -0.4 is 21.1 Å². The van der Waals surface area contributed by atoms with Gasteiger partial charge in [0.25, 0.3) is 11.5 Å². The van der Waals surface area contributed by atoms with Crippen LogP contribution in [0.5, 0.6) is 0 Å². The van der Waals surface area contributed by atoms with E-state index >= 15 is 0 Å². The molecule has 1 aromatic heterocycles. The Morgan fingerprint density at radius 3 is 2.50 bits per heavy atom. The minimum Gasteiger partial charge on any atom is -0.394 e. The molecule has 4 rings (SSSR count). The van der Waals surface area contributed by atoms with Crippen molar-refractivity contribution < 1.29 is 9.90 Å². The fraction of sp³-hybridized carbons (Fsp3) is 0.520. The number of rotatable bonds is 7. The Bertz CT molecular complexity index is 1050. The molecule has 0 unspecified atom stereocenters. The van der Waals surface area contributed by atoms with E-state index in [4.69, 9.17) is 0 Å². The zero-order valence-electron chi connectivity index (χ0n) is 19.3. The van der Waals surface area contributed by atoms with Crippen molar-refractivity contribution in [1.82, 2.24) is 4.57 Å². The van der Waals surface area contributed by atoms with Gasteiger partial charge in [0.15, 0.2) is 0 Å². The predicted octanol–water partition coefficient (Wildman–Crippen LogP) is 3.68. The standard InChI is InChI=1S/C25H34N4O3/c1-4-28-13-5-6-20(23(28)32)26-22(31)19-8-7-18(27-24(2,3)17-30)16-21(19)29-14-11-25(9-10-25)12-15-29/h5-8,13,16,27,30H,4,9-12,14-15,17H2,1-3H3,(H,26,31). The van der Waals surface area contributed by atoms with Gasteiger partial charge in [0.05, 0.1) is 23.4 Å². The van der Waals surface area contributed by atoms with E-state index < -0.39 is 5.54 Å². The van der Waals surface area contributed by atoms with Gasteiger partial charge in [0.2, 0.25) is 0 Å². The van der Waals surface area contributed by atoms with E-state index in [1.807, 2.05) is 39.0 Å². The summed E-state index contributed by atoms with van der Waals surface area (Å²) in [5.41, 5.74) is 2.40. The second kappa shape index (κ2) is 8.62. The smallest absolute Gasteiger partial charge is 0.274 e. The first-order chi connectivity index (χ1) is 15.3. The van der Waals surface area contributed by atoms with Crippen molar-refractivity contribution in [3.63, 3.8) is 0 Å². The van der Waals surface area contributed by atoms with Gasteiger partial charge in [-0.25, -0.2) is 0 Å². The Balaban J connectivity index is 1.64. The molecule has 2 aliphatic rings. The highest BCUT2D eigenvalue weighted by molar-refractivity contribution is 6.08. The quantitative estimate of drug-likeness (QED) is 0.614. The lowest BCUT2D eigenvalue weighted by atomic mass is 9.93. The number of pyridine rings is 1. The van der Waals surface area contributed by atoms with Gasteiger partial charge in [-0.3, -0.25) is 9.59 Å². The maximum atomic E-state index is 13.3. The van der Waals surface area contributed by atoms with Crippen molar-refractivity contribution in [2.75, 3.05) is 35.2 Å². The molecule has 0 atom stereocenters. The molecule has 2 aromatic rings. The summed E-state index contributed by atoms with van der Waals surface area (Å²) < 4.78 is 1.57. The van der Waals surface area contributed by atoms with Crippen LogP contribution in [-0.4, -0.2) is 40.8 Å². The van der Waals surface area contributed by atoms with E-state index in [-0.39, 0.29) is 23.8 Å². The molecular weight excluding hydrogens is 404 g/mol. The van der Waals surface area contributed by atoms with E-state index in [9.17, 15) is 14.7 Å². The summed E-state index contributed by atoms with van der Waals surface area (Å²) in [7, 11) is 0. The predicted molar refractivity (Wildman–Crippen MR) is 129 cm³/mol. The third-order valence-corrected chi connectivity index (χ3v) is 6.85. The number of aryl methyl sites for hydroxylation is 1. The topological polar surface area (TPSA) is 86.6 Å². The molecule has 32 heavy (non-hydrogen) atoms. The Hall–Kier alpha value is -2.80. The monoisotopic (exact) mass is 438 g/mol. The summed E-state index contributed by atoms with van der Waals surface area (Å²) in [6, 6.07) is 9.07.